The summed E-state index contributed by atoms with van der Waals surface area (Å²) in [4.78, 5) is 24.6. The van der Waals surface area contributed by atoms with Crippen LogP contribution in [0.4, 0.5) is 11.4 Å². The number of nitriles is 1. The van der Waals surface area contributed by atoms with Crippen LogP contribution in [0.2, 0.25) is 0 Å². The number of fused-ring (bicyclic) bond motifs is 2. The summed E-state index contributed by atoms with van der Waals surface area (Å²) in [7, 11) is 0. The Morgan fingerprint density at radius 1 is 1.41 bits per heavy atom. The van der Waals surface area contributed by atoms with Gasteiger partial charge in [-0.2, -0.15) is 5.26 Å². The smallest absolute Gasteiger partial charge is 0.292 e. The number of benzene rings is 1. The van der Waals surface area contributed by atoms with Crippen LogP contribution in [0.5, 0.6) is 0 Å². The predicted octanol–water partition coefficient (Wildman–Crippen LogP) is 1.44. The molecule has 114 valence electrons. The quantitative estimate of drug-likeness (QED) is 0.618. The van der Waals surface area contributed by atoms with Crippen LogP contribution in [-0.4, -0.2) is 30.6 Å². The number of ether oxygens (including phenoxy) is 2. The predicted molar refractivity (Wildman–Crippen MR) is 73.9 cm³/mol. The number of nitro groups is 1. The van der Waals surface area contributed by atoms with Crippen LogP contribution in [-0.2, 0) is 20.1 Å². The zero-order valence-electron chi connectivity index (χ0n) is 11.7. The van der Waals surface area contributed by atoms with Crippen LogP contribution in [0.25, 0.3) is 0 Å². The number of carbonyl (C=O) groups is 1. The van der Waals surface area contributed by atoms with Crippen molar-refractivity contribution in [3.05, 3.63) is 33.9 Å². The van der Waals surface area contributed by atoms with Gasteiger partial charge in [0.1, 0.15) is 0 Å². The normalized spacial score (nSPS) is 19.0. The number of non-ortho nitro benzene ring substituents is 1. The van der Waals surface area contributed by atoms with Gasteiger partial charge in [0, 0.05) is 18.7 Å². The maximum Gasteiger partial charge on any atom is 0.292 e. The van der Waals surface area contributed by atoms with Crippen molar-refractivity contribution in [2.24, 2.45) is 0 Å². The number of carbonyl (C=O) groups excluding carboxylic acids is 1. The molecule has 2 aliphatic rings. The van der Waals surface area contributed by atoms with E-state index < -0.39 is 16.6 Å². The first-order valence-electron chi connectivity index (χ1n) is 6.86. The standard InChI is InChI=1S/C14H13N3O5/c15-5-1-6-16-12-4-3-10(17(19)20)9-11(12)14(13(16)18)21-7-2-8-22-14/h3-4,9H,1-2,6-8H2. The molecular formula is C14H13N3O5. The second-order valence-corrected chi connectivity index (χ2v) is 4.99. The van der Waals surface area contributed by atoms with E-state index in [4.69, 9.17) is 14.7 Å². The van der Waals surface area contributed by atoms with Crippen molar-refractivity contribution >= 4 is 17.3 Å². The highest BCUT2D eigenvalue weighted by Gasteiger charge is 2.55. The van der Waals surface area contributed by atoms with Gasteiger partial charge in [-0.1, -0.05) is 0 Å². The van der Waals surface area contributed by atoms with Gasteiger partial charge in [-0.3, -0.25) is 14.9 Å². The molecule has 1 saturated heterocycles. The maximum absolute atomic E-state index is 12.7. The third-order valence-corrected chi connectivity index (χ3v) is 3.71. The molecular weight excluding hydrogens is 290 g/mol. The van der Waals surface area contributed by atoms with Gasteiger partial charge in [0.05, 0.1) is 41.9 Å². The third-order valence-electron chi connectivity index (χ3n) is 3.71. The molecule has 2 heterocycles. The van der Waals surface area contributed by atoms with Gasteiger partial charge in [-0.15, -0.1) is 0 Å². The fourth-order valence-corrected chi connectivity index (χ4v) is 2.73. The summed E-state index contributed by atoms with van der Waals surface area (Å²) in [5.74, 6) is -2.05. The summed E-state index contributed by atoms with van der Waals surface area (Å²) < 4.78 is 11.2. The highest BCUT2D eigenvalue weighted by molar-refractivity contribution is 6.06. The molecule has 0 aromatic heterocycles. The minimum absolute atomic E-state index is 0.133. The molecule has 8 heteroatoms. The summed E-state index contributed by atoms with van der Waals surface area (Å²) in [6.07, 6.45) is 0.801. The molecule has 1 spiro atoms. The summed E-state index contributed by atoms with van der Waals surface area (Å²) in [5, 5.41) is 19.7. The number of anilines is 1. The molecule has 8 nitrogen and oxygen atoms in total. The zero-order chi connectivity index (χ0) is 15.7. The Bertz CT molecular complexity index is 676. The summed E-state index contributed by atoms with van der Waals surface area (Å²) in [6, 6.07) is 6.12. The lowest BCUT2D eigenvalue weighted by Crippen LogP contribution is -2.47. The van der Waals surface area contributed by atoms with Gasteiger partial charge in [-0.05, 0) is 12.5 Å². The van der Waals surface area contributed by atoms with Crippen molar-refractivity contribution in [2.75, 3.05) is 24.7 Å². The zero-order valence-corrected chi connectivity index (χ0v) is 11.7. The molecule has 1 amide bonds. The molecule has 2 aliphatic heterocycles. The van der Waals surface area contributed by atoms with Crippen LogP contribution in [0, 0.1) is 21.4 Å². The molecule has 0 aliphatic carbocycles. The van der Waals surface area contributed by atoms with E-state index in [2.05, 4.69) is 0 Å². The van der Waals surface area contributed by atoms with E-state index in [1.165, 1.54) is 23.1 Å². The van der Waals surface area contributed by atoms with Crippen LogP contribution < -0.4 is 4.90 Å². The van der Waals surface area contributed by atoms with Crippen molar-refractivity contribution in [3.63, 3.8) is 0 Å². The second kappa shape index (κ2) is 5.36. The highest BCUT2D eigenvalue weighted by atomic mass is 16.7. The molecule has 0 N–H and O–H groups in total. The largest absolute Gasteiger partial charge is 0.338 e. The van der Waals surface area contributed by atoms with Crippen LogP contribution in [0.1, 0.15) is 18.4 Å². The molecule has 1 aromatic carbocycles. The average Bonchev–Trinajstić information content (AvgIpc) is 2.75. The average molecular weight is 303 g/mol. The van der Waals surface area contributed by atoms with E-state index in [1.54, 1.807) is 0 Å². The number of rotatable bonds is 3. The van der Waals surface area contributed by atoms with Gasteiger partial charge in [0.2, 0.25) is 0 Å². The Morgan fingerprint density at radius 2 is 2.14 bits per heavy atom. The number of hydrogen-bond acceptors (Lipinski definition) is 6. The number of amides is 1. The maximum atomic E-state index is 12.7. The van der Waals surface area contributed by atoms with Gasteiger partial charge in [-0.25, -0.2) is 0 Å². The monoisotopic (exact) mass is 303 g/mol. The number of hydrogen-bond donors (Lipinski definition) is 0. The van der Waals surface area contributed by atoms with Gasteiger partial charge in [0.25, 0.3) is 17.4 Å². The van der Waals surface area contributed by atoms with Gasteiger partial charge >= 0.3 is 0 Å². The lowest BCUT2D eigenvalue weighted by atomic mass is 10.1. The number of nitrogens with zero attached hydrogens (tertiary/aromatic N) is 3. The summed E-state index contributed by atoms with van der Waals surface area (Å²) in [6.45, 7) is 0.856. The molecule has 0 saturated carbocycles. The van der Waals surface area contributed by atoms with E-state index in [0.717, 1.165) is 0 Å². The van der Waals surface area contributed by atoms with E-state index in [-0.39, 0.29) is 18.7 Å². The van der Waals surface area contributed by atoms with Crippen molar-refractivity contribution < 1.29 is 19.2 Å². The molecule has 1 fully saturated rings. The summed E-state index contributed by atoms with van der Waals surface area (Å²) >= 11 is 0. The van der Waals surface area contributed by atoms with Crippen LogP contribution in [0.15, 0.2) is 18.2 Å². The third kappa shape index (κ3) is 2.03. The Balaban J connectivity index is 2.10. The van der Waals surface area contributed by atoms with E-state index in [9.17, 15) is 14.9 Å². The first-order valence-corrected chi connectivity index (χ1v) is 6.86. The topological polar surface area (TPSA) is 106 Å². The molecule has 0 atom stereocenters. The fourth-order valence-electron chi connectivity index (χ4n) is 2.73. The fraction of sp³-hybridized carbons (Fsp3) is 0.429. The lowest BCUT2D eigenvalue weighted by Gasteiger charge is -2.32. The molecule has 22 heavy (non-hydrogen) atoms. The molecule has 3 rings (SSSR count). The SMILES string of the molecule is N#CCCN1C(=O)C2(OCCCO2)c2cc([N+](=O)[O-])ccc21. The minimum atomic E-state index is -1.62. The molecule has 0 bridgehead atoms. The first-order chi connectivity index (χ1) is 10.6. The van der Waals surface area contributed by atoms with Gasteiger partial charge < -0.3 is 14.4 Å². The summed E-state index contributed by atoms with van der Waals surface area (Å²) in [5.41, 5.74) is 0.697. The lowest BCUT2D eigenvalue weighted by molar-refractivity contribution is -0.385. The highest BCUT2D eigenvalue weighted by Crippen LogP contribution is 2.46. The Labute approximate surface area is 126 Å². The second-order valence-electron chi connectivity index (χ2n) is 4.99. The Hall–Kier alpha value is -2.50. The van der Waals surface area contributed by atoms with E-state index in [1.807, 2.05) is 6.07 Å². The number of nitro benzene ring substituents is 1. The van der Waals surface area contributed by atoms with Gasteiger partial charge in [0.15, 0.2) is 0 Å². The molecule has 0 unspecified atom stereocenters. The minimum Gasteiger partial charge on any atom is -0.338 e. The van der Waals surface area contributed by atoms with Crippen molar-refractivity contribution in [1.29, 1.82) is 5.26 Å². The van der Waals surface area contributed by atoms with E-state index in [0.29, 0.717) is 30.9 Å². The molecule has 1 aromatic rings. The van der Waals surface area contributed by atoms with Crippen molar-refractivity contribution in [2.45, 2.75) is 18.6 Å². The Morgan fingerprint density at radius 3 is 2.77 bits per heavy atom. The van der Waals surface area contributed by atoms with E-state index >= 15 is 0 Å². The first kappa shape index (κ1) is 14.4. The Kier molecular flexibility index (Phi) is 3.52. The van der Waals surface area contributed by atoms with Crippen molar-refractivity contribution in [3.8, 4) is 6.07 Å². The van der Waals surface area contributed by atoms with Crippen LogP contribution in [0.3, 0.4) is 0 Å². The van der Waals surface area contributed by atoms with Crippen LogP contribution >= 0.6 is 0 Å². The van der Waals surface area contributed by atoms with Crippen molar-refractivity contribution in [1.82, 2.24) is 0 Å². The molecule has 0 radical (unpaired) electrons.